The molecule has 1 unspecified atom stereocenters. The molecule has 15 heavy (non-hydrogen) atoms. The molecule has 1 aromatic rings. The molecular weight excluding hydrogens is 191 g/mol. The van der Waals surface area contributed by atoms with Gasteiger partial charge in [0.1, 0.15) is 5.82 Å². The molecule has 1 fully saturated rings. The van der Waals surface area contributed by atoms with Crippen LogP contribution in [0.2, 0.25) is 0 Å². The lowest BCUT2D eigenvalue weighted by molar-refractivity contribution is 0.103. The Balaban J connectivity index is 1.91. The van der Waals surface area contributed by atoms with Crippen molar-refractivity contribution in [2.75, 3.05) is 13.1 Å². The third-order valence-corrected chi connectivity index (χ3v) is 2.98. The Labute approximate surface area is 89.9 Å². The fourth-order valence-electron chi connectivity index (χ4n) is 2.04. The highest BCUT2D eigenvalue weighted by molar-refractivity contribution is 5.17. The molecule has 0 aliphatic carbocycles. The topological polar surface area (TPSA) is 29.3 Å². The van der Waals surface area contributed by atoms with Crippen LogP contribution in [0.25, 0.3) is 0 Å². The van der Waals surface area contributed by atoms with Crippen LogP contribution >= 0.6 is 0 Å². The van der Waals surface area contributed by atoms with E-state index in [0.29, 0.717) is 12.1 Å². The number of nitrogens with two attached hydrogens (primary N) is 1. The van der Waals surface area contributed by atoms with E-state index in [9.17, 15) is 4.39 Å². The van der Waals surface area contributed by atoms with Gasteiger partial charge in [-0.2, -0.15) is 0 Å². The minimum absolute atomic E-state index is 0.153. The molecule has 1 aromatic carbocycles. The molecule has 1 aliphatic rings. The van der Waals surface area contributed by atoms with Crippen molar-refractivity contribution in [2.24, 2.45) is 5.73 Å². The summed E-state index contributed by atoms with van der Waals surface area (Å²) in [4.78, 5) is 2.33. The molecule has 0 spiro atoms. The van der Waals surface area contributed by atoms with E-state index in [1.807, 2.05) is 6.07 Å². The van der Waals surface area contributed by atoms with Crippen molar-refractivity contribution < 1.29 is 4.39 Å². The maximum atomic E-state index is 12.9. The van der Waals surface area contributed by atoms with Gasteiger partial charge in [0.2, 0.25) is 0 Å². The quantitative estimate of drug-likeness (QED) is 0.813. The Morgan fingerprint density at radius 2 is 2.27 bits per heavy atom. The van der Waals surface area contributed by atoms with Gasteiger partial charge in [0, 0.05) is 25.2 Å². The monoisotopic (exact) mass is 208 g/mol. The molecule has 0 saturated carbocycles. The van der Waals surface area contributed by atoms with Crippen molar-refractivity contribution in [3.63, 3.8) is 0 Å². The first-order valence-corrected chi connectivity index (χ1v) is 5.39. The lowest BCUT2D eigenvalue weighted by Crippen LogP contribution is -2.59. The van der Waals surface area contributed by atoms with Crippen molar-refractivity contribution in [3.05, 3.63) is 35.6 Å². The van der Waals surface area contributed by atoms with Crippen LogP contribution in [0.15, 0.2) is 24.3 Å². The third-order valence-electron chi connectivity index (χ3n) is 2.98. The van der Waals surface area contributed by atoms with Crippen molar-refractivity contribution in [2.45, 2.75) is 25.4 Å². The summed E-state index contributed by atoms with van der Waals surface area (Å²) >= 11 is 0. The standard InChI is InChI=1S/C12H17FN2/c1-9(15-7-12(14)8-15)5-10-3-2-4-11(13)6-10/h2-4,6,9,12H,5,7-8,14H2,1H3. The lowest BCUT2D eigenvalue weighted by Gasteiger charge is -2.41. The van der Waals surface area contributed by atoms with Gasteiger partial charge in [-0.1, -0.05) is 12.1 Å². The Morgan fingerprint density at radius 1 is 1.53 bits per heavy atom. The summed E-state index contributed by atoms with van der Waals surface area (Å²) in [6.45, 7) is 4.10. The molecule has 1 aliphatic heterocycles. The summed E-state index contributed by atoms with van der Waals surface area (Å²) < 4.78 is 12.9. The molecule has 3 heteroatoms. The van der Waals surface area contributed by atoms with Crippen molar-refractivity contribution in [1.29, 1.82) is 0 Å². The van der Waals surface area contributed by atoms with Crippen LogP contribution in [0.5, 0.6) is 0 Å². The first-order chi connectivity index (χ1) is 7.15. The third kappa shape index (κ3) is 2.55. The van der Waals surface area contributed by atoms with E-state index >= 15 is 0 Å². The van der Waals surface area contributed by atoms with Crippen LogP contribution in [0, 0.1) is 5.82 Å². The zero-order chi connectivity index (χ0) is 10.8. The van der Waals surface area contributed by atoms with Gasteiger partial charge >= 0.3 is 0 Å². The van der Waals surface area contributed by atoms with Gasteiger partial charge in [0.25, 0.3) is 0 Å². The van der Waals surface area contributed by atoms with Crippen LogP contribution in [-0.4, -0.2) is 30.1 Å². The number of hydrogen-bond donors (Lipinski definition) is 1. The normalized spacial score (nSPS) is 19.9. The Bertz CT molecular complexity index is 334. The van der Waals surface area contributed by atoms with Gasteiger partial charge in [-0.05, 0) is 31.0 Å². The van der Waals surface area contributed by atoms with Crippen LogP contribution in [-0.2, 0) is 6.42 Å². The van der Waals surface area contributed by atoms with Crippen molar-refractivity contribution in [3.8, 4) is 0 Å². The van der Waals surface area contributed by atoms with Gasteiger partial charge in [0.15, 0.2) is 0 Å². The highest BCUT2D eigenvalue weighted by Crippen LogP contribution is 2.15. The second-order valence-corrected chi connectivity index (χ2v) is 4.40. The predicted molar refractivity (Wildman–Crippen MR) is 59.1 cm³/mol. The zero-order valence-electron chi connectivity index (χ0n) is 8.99. The summed E-state index contributed by atoms with van der Waals surface area (Å²) in [5.41, 5.74) is 6.78. The Kier molecular flexibility index (Phi) is 3.03. The minimum Gasteiger partial charge on any atom is -0.325 e. The molecule has 1 atom stereocenters. The number of likely N-dealkylation sites (tertiary alicyclic amines) is 1. The molecule has 0 bridgehead atoms. The van der Waals surface area contributed by atoms with E-state index in [1.54, 1.807) is 12.1 Å². The van der Waals surface area contributed by atoms with Gasteiger partial charge in [0.05, 0.1) is 0 Å². The number of nitrogens with zero attached hydrogens (tertiary/aromatic N) is 1. The summed E-state index contributed by atoms with van der Waals surface area (Å²) in [5.74, 6) is -0.153. The SMILES string of the molecule is CC(Cc1cccc(F)c1)N1CC(N)C1. The zero-order valence-corrected chi connectivity index (χ0v) is 8.99. The highest BCUT2D eigenvalue weighted by atomic mass is 19.1. The molecule has 1 saturated heterocycles. The second kappa shape index (κ2) is 4.29. The summed E-state index contributed by atoms with van der Waals surface area (Å²) in [5, 5.41) is 0. The fourth-order valence-corrected chi connectivity index (χ4v) is 2.04. The summed E-state index contributed by atoms with van der Waals surface area (Å²) in [6, 6.07) is 7.61. The number of rotatable bonds is 3. The average molecular weight is 208 g/mol. The minimum atomic E-state index is -0.153. The van der Waals surface area contributed by atoms with Crippen LogP contribution < -0.4 is 5.73 Å². The summed E-state index contributed by atoms with van der Waals surface area (Å²) in [6.07, 6.45) is 0.893. The Hall–Kier alpha value is -0.930. The number of benzene rings is 1. The van der Waals surface area contributed by atoms with Gasteiger partial charge in [-0.3, -0.25) is 4.90 Å². The molecule has 0 aromatic heterocycles. The van der Waals surface area contributed by atoms with E-state index in [1.165, 1.54) is 6.07 Å². The van der Waals surface area contributed by atoms with Crippen LogP contribution in [0.1, 0.15) is 12.5 Å². The van der Waals surface area contributed by atoms with Gasteiger partial charge in [-0.15, -0.1) is 0 Å². The molecular formula is C12H17FN2. The van der Waals surface area contributed by atoms with E-state index in [0.717, 1.165) is 25.1 Å². The smallest absolute Gasteiger partial charge is 0.123 e. The highest BCUT2D eigenvalue weighted by Gasteiger charge is 2.27. The molecule has 1 heterocycles. The van der Waals surface area contributed by atoms with E-state index < -0.39 is 0 Å². The summed E-state index contributed by atoms with van der Waals surface area (Å²) in [7, 11) is 0. The fraction of sp³-hybridized carbons (Fsp3) is 0.500. The first kappa shape index (κ1) is 10.6. The van der Waals surface area contributed by atoms with Gasteiger partial charge < -0.3 is 5.73 Å². The van der Waals surface area contributed by atoms with E-state index in [4.69, 9.17) is 5.73 Å². The average Bonchev–Trinajstić information content (AvgIpc) is 2.13. The molecule has 0 radical (unpaired) electrons. The molecule has 2 rings (SSSR count). The van der Waals surface area contributed by atoms with Crippen LogP contribution in [0.4, 0.5) is 4.39 Å². The number of hydrogen-bond acceptors (Lipinski definition) is 2. The van der Waals surface area contributed by atoms with Crippen molar-refractivity contribution in [1.82, 2.24) is 4.90 Å². The van der Waals surface area contributed by atoms with Crippen LogP contribution in [0.3, 0.4) is 0 Å². The lowest BCUT2D eigenvalue weighted by atomic mass is 10.0. The molecule has 2 nitrogen and oxygen atoms in total. The maximum Gasteiger partial charge on any atom is 0.123 e. The second-order valence-electron chi connectivity index (χ2n) is 4.40. The molecule has 82 valence electrons. The van der Waals surface area contributed by atoms with Crippen molar-refractivity contribution >= 4 is 0 Å². The van der Waals surface area contributed by atoms with E-state index in [2.05, 4.69) is 11.8 Å². The predicted octanol–water partition coefficient (Wildman–Crippen LogP) is 1.40. The van der Waals surface area contributed by atoms with E-state index in [-0.39, 0.29) is 5.82 Å². The maximum absolute atomic E-state index is 12.9. The number of halogens is 1. The molecule has 2 N–H and O–H groups in total. The van der Waals surface area contributed by atoms with Gasteiger partial charge in [-0.25, -0.2) is 4.39 Å². The largest absolute Gasteiger partial charge is 0.325 e. The molecule has 0 amide bonds. The Morgan fingerprint density at radius 3 is 2.87 bits per heavy atom. The first-order valence-electron chi connectivity index (χ1n) is 5.39.